The molecule has 0 spiro atoms. The van der Waals surface area contributed by atoms with Crippen molar-refractivity contribution in [2.24, 2.45) is 0 Å². The Kier molecular flexibility index (Phi) is 8.37. The molecule has 80 valence electrons. The first-order valence-electron chi connectivity index (χ1n) is 4.67. The molecule has 6 heteroatoms. The molecule has 0 aliphatic heterocycles. The van der Waals surface area contributed by atoms with Crippen molar-refractivity contribution in [2.45, 2.75) is 19.3 Å². The van der Waals surface area contributed by atoms with Crippen molar-refractivity contribution in [2.75, 3.05) is 27.1 Å². The number of hydroxylamine groups is 2. The number of amides is 1. The predicted molar refractivity (Wildman–Crippen MR) is 52.9 cm³/mol. The number of carbonyl (C=O) groups excluding carboxylic acids is 1. The third-order valence-corrected chi connectivity index (χ3v) is 1.85. The standard InChI is InChI=1S/C8H17BN2O3/c1-11(14-2)8(12)5-3-4-6-10-7-9-13/h10H,3-7H2,1-2H3. The van der Waals surface area contributed by atoms with Gasteiger partial charge in [-0.1, -0.05) is 0 Å². The van der Waals surface area contributed by atoms with Gasteiger partial charge in [-0.05, 0) is 0 Å². The summed E-state index contributed by atoms with van der Waals surface area (Å²) in [5, 5.41) is 4.15. The number of carbonyl (C=O) groups is 1. The van der Waals surface area contributed by atoms with Crippen LogP contribution in [0.15, 0.2) is 0 Å². The van der Waals surface area contributed by atoms with E-state index in [1.54, 1.807) is 7.05 Å². The van der Waals surface area contributed by atoms with E-state index in [1.807, 2.05) is 0 Å². The van der Waals surface area contributed by atoms with E-state index in [0.29, 0.717) is 12.9 Å². The van der Waals surface area contributed by atoms with Crippen molar-refractivity contribution in [3.05, 3.63) is 0 Å². The van der Waals surface area contributed by atoms with Crippen molar-refractivity contribution in [1.82, 2.24) is 10.4 Å². The van der Waals surface area contributed by atoms with Gasteiger partial charge in [0, 0.05) is 0 Å². The average Bonchev–Trinajstić information content (AvgIpc) is 2.21. The number of nitrogens with one attached hydrogen (secondary N) is 1. The monoisotopic (exact) mass is 200 g/mol. The molecule has 0 bridgehead atoms. The minimum atomic E-state index is -0.0251. The molecule has 0 aromatic heterocycles. The van der Waals surface area contributed by atoms with E-state index in [0.717, 1.165) is 26.5 Å². The summed E-state index contributed by atoms with van der Waals surface area (Å²) < 4.78 is 9.93. The summed E-state index contributed by atoms with van der Waals surface area (Å²) in [6.07, 6.45) is 2.55. The maximum absolute atomic E-state index is 11.2. The Bertz CT molecular complexity index is 178. The number of unbranched alkanes of at least 4 members (excludes halogenated alkanes) is 1. The third-order valence-electron chi connectivity index (χ3n) is 1.85. The zero-order valence-electron chi connectivity index (χ0n) is 8.78. The van der Waals surface area contributed by atoms with Gasteiger partial charge in [0.15, 0.2) is 0 Å². The minimum absolute atomic E-state index is 0.0251. The van der Waals surface area contributed by atoms with Gasteiger partial charge in [0.1, 0.15) is 0 Å². The zero-order chi connectivity index (χ0) is 10.8. The SMILES string of the molecule is CON(C)C(=O)CCCCNCB=O. The van der Waals surface area contributed by atoms with Crippen molar-refractivity contribution >= 4 is 13.1 Å². The topological polar surface area (TPSA) is 58.6 Å². The van der Waals surface area contributed by atoms with Crippen LogP contribution in [0.3, 0.4) is 0 Å². The van der Waals surface area contributed by atoms with Crippen LogP contribution in [-0.4, -0.2) is 45.3 Å². The Labute approximate surface area is 85.0 Å². The predicted octanol–water partition coefficient (Wildman–Crippen LogP) is -0.227. The van der Waals surface area contributed by atoms with Crippen molar-refractivity contribution in [3.8, 4) is 0 Å². The molecule has 0 saturated carbocycles. The van der Waals surface area contributed by atoms with Gasteiger partial charge in [0.25, 0.3) is 0 Å². The van der Waals surface area contributed by atoms with Crippen LogP contribution in [0.25, 0.3) is 0 Å². The summed E-state index contributed by atoms with van der Waals surface area (Å²) >= 11 is 0. The third kappa shape index (κ3) is 6.74. The Balaban J connectivity index is 3.27. The van der Waals surface area contributed by atoms with E-state index in [9.17, 15) is 9.50 Å². The molecule has 5 nitrogen and oxygen atoms in total. The Morgan fingerprint density at radius 3 is 2.79 bits per heavy atom. The first kappa shape index (κ1) is 13.3. The number of hydrogen-bond acceptors (Lipinski definition) is 4. The summed E-state index contributed by atoms with van der Waals surface area (Å²) in [7, 11) is 3.88. The first-order valence-corrected chi connectivity index (χ1v) is 4.67. The second-order valence-electron chi connectivity index (χ2n) is 2.90. The van der Waals surface area contributed by atoms with E-state index in [1.165, 1.54) is 12.2 Å². The summed E-state index contributed by atoms with van der Waals surface area (Å²) in [4.78, 5) is 15.9. The second-order valence-corrected chi connectivity index (χ2v) is 2.90. The fourth-order valence-corrected chi connectivity index (χ4v) is 0.946. The Morgan fingerprint density at radius 1 is 1.50 bits per heavy atom. The number of hydrogen-bond donors (Lipinski definition) is 1. The molecule has 14 heavy (non-hydrogen) atoms. The molecular formula is C8H17BN2O3. The summed E-state index contributed by atoms with van der Waals surface area (Å²) in [6.45, 7) is 0.767. The molecule has 0 atom stereocenters. The molecule has 0 fully saturated rings. The van der Waals surface area contributed by atoms with Crippen LogP contribution < -0.4 is 5.32 Å². The average molecular weight is 200 g/mol. The fraction of sp³-hybridized carbons (Fsp3) is 0.875. The summed E-state index contributed by atoms with van der Waals surface area (Å²) in [6, 6.07) is 0. The van der Waals surface area contributed by atoms with E-state index in [4.69, 9.17) is 4.84 Å². The van der Waals surface area contributed by atoms with Crippen LogP contribution in [0.4, 0.5) is 0 Å². The molecule has 0 aromatic rings. The van der Waals surface area contributed by atoms with E-state index in [2.05, 4.69) is 5.32 Å². The van der Waals surface area contributed by atoms with Gasteiger partial charge in [-0.3, -0.25) is 0 Å². The van der Waals surface area contributed by atoms with Crippen molar-refractivity contribution in [1.29, 1.82) is 0 Å². The second kappa shape index (κ2) is 8.84. The van der Waals surface area contributed by atoms with Crippen LogP contribution in [0.1, 0.15) is 19.3 Å². The molecule has 1 N–H and O–H groups in total. The van der Waals surface area contributed by atoms with Gasteiger partial charge in [-0.25, -0.2) is 0 Å². The van der Waals surface area contributed by atoms with Gasteiger partial charge >= 0.3 is 84.2 Å². The van der Waals surface area contributed by atoms with Crippen LogP contribution in [0.2, 0.25) is 0 Å². The Morgan fingerprint density at radius 2 is 2.21 bits per heavy atom. The van der Waals surface area contributed by atoms with Gasteiger partial charge in [0.05, 0.1) is 0 Å². The quantitative estimate of drug-likeness (QED) is 0.334. The van der Waals surface area contributed by atoms with Gasteiger partial charge in [0.2, 0.25) is 0 Å². The van der Waals surface area contributed by atoms with E-state index >= 15 is 0 Å². The maximum atomic E-state index is 11.2. The van der Waals surface area contributed by atoms with Crippen LogP contribution in [-0.2, 0) is 14.3 Å². The summed E-state index contributed by atoms with van der Waals surface area (Å²) in [5.41, 5.74) is 0. The van der Waals surface area contributed by atoms with E-state index < -0.39 is 0 Å². The van der Waals surface area contributed by atoms with Crippen LogP contribution in [0.5, 0.6) is 0 Å². The first-order chi connectivity index (χ1) is 6.72. The fourth-order valence-electron chi connectivity index (χ4n) is 0.946. The Hall–Kier alpha value is -0.745. The molecule has 0 aliphatic carbocycles. The molecular weight excluding hydrogens is 183 g/mol. The zero-order valence-corrected chi connectivity index (χ0v) is 8.78. The molecule has 1 amide bonds. The number of rotatable bonds is 8. The van der Waals surface area contributed by atoms with Crippen molar-refractivity contribution in [3.63, 3.8) is 0 Å². The summed E-state index contributed by atoms with van der Waals surface area (Å²) in [5.74, 6) is -0.0251. The molecule has 0 aliphatic rings. The molecule has 0 radical (unpaired) electrons. The molecule has 0 unspecified atom stereocenters. The number of nitrogens with zero attached hydrogens (tertiary/aromatic N) is 1. The van der Waals surface area contributed by atoms with E-state index in [-0.39, 0.29) is 5.91 Å². The van der Waals surface area contributed by atoms with Crippen LogP contribution in [0, 0.1) is 0 Å². The molecule has 0 aromatic carbocycles. The molecule has 0 rings (SSSR count). The molecule has 0 saturated heterocycles. The van der Waals surface area contributed by atoms with Gasteiger partial charge in [-0.15, -0.1) is 0 Å². The normalized spacial score (nSPS) is 9.57. The van der Waals surface area contributed by atoms with Crippen LogP contribution >= 0.6 is 0 Å². The molecule has 0 heterocycles. The van der Waals surface area contributed by atoms with Gasteiger partial charge < -0.3 is 0 Å². The van der Waals surface area contributed by atoms with Crippen molar-refractivity contribution < 1.29 is 14.3 Å². The van der Waals surface area contributed by atoms with Gasteiger partial charge in [-0.2, -0.15) is 0 Å².